The molecule has 0 rings (SSSR count). The molecule has 0 aliphatic carbocycles. The Morgan fingerprint density at radius 3 is 2.07 bits per heavy atom. The highest BCUT2D eigenvalue weighted by molar-refractivity contribution is 8.03. The lowest BCUT2D eigenvalue weighted by Gasteiger charge is -2.19. The Bertz CT molecular complexity index is 124. The average molecular weight is 249 g/mol. The first-order chi connectivity index (χ1) is 7.22. The van der Waals surface area contributed by atoms with Crippen LogP contribution in [0.1, 0.15) is 53.4 Å². The molecule has 15 heavy (non-hydrogen) atoms. The third kappa shape index (κ3) is 9.62. The summed E-state index contributed by atoms with van der Waals surface area (Å²) in [6.07, 6.45) is 5.44. The highest BCUT2D eigenvalue weighted by atomic mass is 32.2. The van der Waals surface area contributed by atoms with E-state index in [-0.39, 0.29) is 0 Å². The van der Waals surface area contributed by atoms with Crippen molar-refractivity contribution in [2.45, 2.75) is 58.6 Å². The molecule has 0 heterocycles. The van der Waals surface area contributed by atoms with Gasteiger partial charge in [-0.15, -0.1) is 0 Å². The van der Waals surface area contributed by atoms with E-state index in [0.717, 1.165) is 11.2 Å². The molecule has 0 aliphatic heterocycles. The Hall–Kier alpha value is 0.700. The quantitative estimate of drug-likeness (QED) is 0.495. The molecule has 0 aromatic heterocycles. The van der Waals surface area contributed by atoms with Crippen LogP contribution in [0.3, 0.4) is 0 Å². The van der Waals surface area contributed by atoms with Gasteiger partial charge in [0, 0.05) is 11.0 Å². The number of unbranched alkanes of at least 4 members (excludes halogenated alkanes) is 2. The highest BCUT2D eigenvalue weighted by Crippen LogP contribution is 2.25. The summed E-state index contributed by atoms with van der Waals surface area (Å²) in [6.45, 7) is 9.28. The van der Waals surface area contributed by atoms with Crippen LogP contribution in [0.4, 0.5) is 0 Å². The molecule has 0 aromatic rings. The molecule has 1 unspecified atom stereocenters. The molecule has 0 bridgehead atoms. The largest absolute Gasteiger partial charge is 0.161 e. The number of thioether (sulfide) groups is 2. The standard InChI is InChI=1S/C13H28S2/c1-5-7-9-14-11-13(12(3)4)15-10-8-6-2/h12-13H,5-11H2,1-4H3. The molecule has 0 saturated carbocycles. The lowest BCUT2D eigenvalue weighted by molar-refractivity contribution is 0.647. The van der Waals surface area contributed by atoms with Gasteiger partial charge in [-0.1, -0.05) is 40.5 Å². The van der Waals surface area contributed by atoms with Crippen molar-refractivity contribution in [2.75, 3.05) is 17.3 Å². The molecular formula is C13H28S2. The Balaban J connectivity index is 3.54. The van der Waals surface area contributed by atoms with Gasteiger partial charge in [-0.05, 0) is 30.3 Å². The summed E-state index contributed by atoms with van der Waals surface area (Å²) in [7, 11) is 0. The summed E-state index contributed by atoms with van der Waals surface area (Å²) in [4.78, 5) is 0. The second kappa shape index (κ2) is 11.2. The molecule has 0 aromatic carbocycles. The molecule has 0 aliphatic rings. The summed E-state index contributed by atoms with van der Waals surface area (Å²) in [6, 6.07) is 0. The van der Waals surface area contributed by atoms with Gasteiger partial charge in [0.25, 0.3) is 0 Å². The van der Waals surface area contributed by atoms with Crippen LogP contribution >= 0.6 is 23.5 Å². The first-order valence-corrected chi connectivity index (χ1v) is 8.62. The monoisotopic (exact) mass is 248 g/mol. The summed E-state index contributed by atoms with van der Waals surface area (Å²) < 4.78 is 0. The molecule has 92 valence electrons. The number of hydrogen-bond donors (Lipinski definition) is 0. The van der Waals surface area contributed by atoms with Gasteiger partial charge in [0.2, 0.25) is 0 Å². The van der Waals surface area contributed by atoms with Gasteiger partial charge in [0.05, 0.1) is 0 Å². The van der Waals surface area contributed by atoms with E-state index in [1.54, 1.807) is 0 Å². The minimum Gasteiger partial charge on any atom is -0.161 e. The Labute approximate surface area is 105 Å². The van der Waals surface area contributed by atoms with Crippen molar-refractivity contribution >= 4 is 23.5 Å². The summed E-state index contributed by atoms with van der Waals surface area (Å²) >= 11 is 4.34. The molecular weight excluding hydrogens is 220 g/mol. The SMILES string of the molecule is CCCCSCC(SCCCC)C(C)C. The predicted molar refractivity (Wildman–Crippen MR) is 78.2 cm³/mol. The van der Waals surface area contributed by atoms with Crippen molar-refractivity contribution in [1.29, 1.82) is 0 Å². The topological polar surface area (TPSA) is 0 Å². The fourth-order valence-corrected chi connectivity index (χ4v) is 4.35. The molecule has 0 amide bonds. The zero-order valence-electron chi connectivity index (χ0n) is 10.9. The molecule has 0 radical (unpaired) electrons. The van der Waals surface area contributed by atoms with E-state index < -0.39 is 0 Å². The minimum atomic E-state index is 0.834. The van der Waals surface area contributed by atoms with Gasteiger partial charge >= 0.3 is 0 Å². The van der Waals surface area contributed by atoms with Gasteiger partial charge in [0.1, 0.15) is 0 Å². The molecule has 0 fully saturated rings. The normalized spacial score (nSPS) is 13.4. The highest BCUT2D eigenvalue weighted by Gasteiger charge is 2.13. The van der Waals surface area contributed by atoms with E-state index in [4.69, 9.17) is 0 Å². The van der Waals surface area contributed by atoms with Gasteiger partial charge in [0.15, 0.2) is 0 Å². The molecule has 0 nitrogen and oxygen atoms in total. The zero-order chi connectivity index (χ0) is 11.5. The van der Waals surface area contributed by atoms with E-state index >= 15 is 0 Å². The lowest BCUT2D eigenvalue weighted by Crippen LogP contribution is -2.15. The summed E-state index contributed by atoms with van der Waals surface area (Å²) in [5.41, 5.74) is 0. The third-order valence-electron chi connectivity index (χ3n) is 2.50. The van der Waals surface area contributed by atoms with Crippen molar-refractivity contribution in [2.24, 2.45) is 5.92 Å². The third-order valence-corrected chi connectivity index (χ3v) is 5.54. The van der Waals surface area contributed by atoms with Crippen LogP contribution in [0, 0.1) is 5.92 Å². The van der Waals surface area contributed by atoms with E-state index in [2.05, 4.69) is 51.2 Å². The second-order valence-electron chi connectivity index (χ2n) is 4.44. The van der Waals surface area contributed by atoms with Crippen LogP contribution in [0.5, 0.6) is 0 Å². The number of hydrogen-bond acceptors (Lipinski definition) is 2. The Morgan fingerprint density at radius 1 is 0.933 bits per heavy atom. The minimum absolute atomic E-state index is 0.834. The molecule has 2 heteroatoms. The van der Waals surface area contributed by atoms with Crippen LogP contribution < -0.4 is 0 Å². The average Bonchev–Trinajstić information content (AvgIpc) is 2.21. The summed E-state index contributed by atoms with van der Waals surface area (Å²) in [5, 5.41) is 0.874. The first-order valence-electron chi connectivity index (χ1n) is 6.41. The second-order valence-corrected chi connectivity index (χ2v) is 6.93. The van der Waals surface area contributed by atoms with Crippen molar-refractivity contribution in [3.05, 3.63) is 0 Å². The van der Waals surface area contributed by atoms with Crippen molar-refractivity contribution in [1.82, 2.24) is 0 Å². The van der Waals surface area contributed by atoms with E-state index in [1.807, 2.05) is 0 Å². The van der Waals surface area contributed by atoms with E-state index in [9.17, 15) is 0 Å². The smallest absolute Gasteiger partial charge is 0.0161 e. The van der Waals surface area contributed by atoms with Gasteiger partial charge in [-0.2, -0.15) is 23.5 Å². The number of rotatable bonds is 10. The lowest BCUT2D eigenvalue weighted by atomic mass is 10.1. The molecule has 0 spiro atoms. The maximum absolute atomic E-state index is 2.37. The fourth-order valence-electron chi connectivity index (χ4n) is 1.26. The van der Waals surface area contributed by atoms with Crippen molar-refractivity contribution in [3.8, 4) is 0 Å². The molecule has 0 N–H and O–H groups in total. The predicted octanol–water partition coefficient (Wildman–Crippen LogP) is 5.08. The molecule has 0 saturated heterocycles. The first kappa shape index (κ1) is 15.7. The maximum Gasteiger partial charge on any atom is 0.0161 e. The van der Waals surface area contributed by atoms with E-state index in [0.29, 0.717) is 0 Å². The van der Waals surface area contributed by atoms with Crippen molar-refractivity contribution in [3.63, 3.8) is 0 Å². The van der Waals surface area contributed by atoms with Crippen molar-refractivity contribution < 1.29 is 0 Å². The Morgan fingerprint density at radius 2 is 1.53 bits per heavy atom. The van der Waals surface area contributed by atoms with Gasteiger partial charge in [-0.25, -0.2) is 0 Å². The van der Waals surface area contributed by atoms with Crippen LogP contribution in [-0.4, -0.2) is 22.5 Å². The fraction of sp³-hybridized carbons (Fsp3) is 1.00. The maximum atomic E-state index is 2.37. The molecule has 1 atom stereocenters. The van der Waals surface area contributed by atoms with Crippen LogP contribution in [0.2, 0.25) is 0 Å². The van der Waals surface area contributed by atoms with Gasteiger partial charge in [-0.3, -0.25) is 0 Å². The Kier molecular flexibility index (Phi) is 11.7. The summed E-state index contributed by atoms with van der Waals surface area (Å²) in [5.74, 6) is 4.90. The zero-order valence-corrected chi connectivity index (χ0v) is 12.6. The van der Waals surface area contributed by atoms with E-state index in [1.165, 1.54) is 42.9 Å². The van der Waals surface area contributed by atoms with Crippen LogP contribution in [0.15, 0.2) is 0 Å². The van der Waals surface area contributed by atoms with Crippen LogP contribution in [0.25, 0.3) is 0 Å². The van der Waals surface area contributed by atoms with Gasteiger partial charge < -0.3 is 0 Å². The van der Waals surface area contributed by atoms with Crippen LogP contribution in [-0.2, 0) is 0 Å².